The van der Waals surface area contributed by atoms with Gasteiger partial charge in [-0.2, -0.15) is 0 Å². The molecule has 0 spiro atoms. The number of hydrogen-bond donors (Lipinski definition) is 1. The minimum absolute atomic E-state index is 0.562. The summed E-state index contributed by atoms with van der Waals surface area (Å²) in [7, 11) is 0. The summed E-state index contributed by atoms with van der Waals surface area (Å²) in [6.45, 7) is 11.0. The van der Waals surface area contributed by atoms with E-state index in [0.29, 0.717) is 5.41 Å². The molecule has 112 valence electrons. The van der Waals surface area contributed by atoms with Gasteiger partial charge in [0, 0.05) is 6.04 Å². The predicted molar refractivity (Wildman–Crippen MR) is 84.3 cm³/mol. The first-order chi connectivity index (χ1) is 9.04. The van der Waals surface area contributed by atoms with Crippen LogP contribution in [0.3, 0.4) is 0 Å². The molecule has 19 heavy (non-hydrogen) atoms. The Balaban J connectivity index is 2.06. The third-order valence-corrected chi connectivity index (χ3v) is 5.89. The predicted octanol–water partition coefficient (Wildman–Crippen LogP) is 5.01. The molecule has 0 aromatic carbocycles. The first-order valence-electron chi connectivity index (χ1n) is 8.78. The van der Waals surface area contributed by atoms with Gasteiger partial charge in [0.25, 0.3) is 0 Å². The van der Waals surface area contributed by atoms with E-state index in [1.165, 1.54) is 57.9 Å². The molecule has 1 N–H and O–H groups in total. The molecule has 0 radical (unpaired) electrons. The van der Waals surface area contributed by atoms with Gasteiger partial charge in [0.05, 0.1) is 0 Å². The molecule has 0 aromatic rings. The fourth-order valence-electron chi connectivity index (χ4n) is 4.78. The maximum Gasteiger partial charge on any atom is 0.0129 e. The zero-order valence-corrected chi connectivity index (χ0v) is 13.7. The smallest absolute Gasteiger partial charge is 0.0129 e. The van der Waals surface area contributed by atoms with Crippen LogP contribution >= 0.6 is 0 Å². The van der Waals surface area contributed by atoms with Crippen LogP contribution in [0, 0.1) is 23.2 Å². The lowest BCUT2D eigenvalue weighted by atomic mass is 9.68. The van der Waals surface area contributed by atoms with E-state index in [1.54, 1.807) is 0 Å². The second-order valence-corrected chi connectivity index (χ2v) is 8.00. The van der Waals surface area contributed by atoms with Crippen molar-refractivity contribution in [2.45, 2.75) is 85.1 Å². The van der Waals surface area contributed by atoms with Crippen LogP contribution in [0.4, 0.5) is 0 Å². The molecule has 0 heterocycles. The zero-order valence-electron chi connectivity index (χ0n) is 13.7. The summed E-state index contributed by atoms with van der Waals surface area (Å²) >= 11 is 0. The van der Waals surface area contributed by atoms with Crippen LogP contribution in [0.15, 0.2) is 0 Å². The molecule has 0 aliphatic heterocycles. The van der Waals surface area contributed by atoms with Crippen LogP contribution in [-0.4, -0.2) is 12.6 Å². The molecule has 2 saturated carbocycles. The van der Waals surface area contributed by atoms with Crippen LogP contribution in [0.5, 0.6) is 0 Å². The van der Waals surface area contributed by atoms with E-state index in [1.807, 2.05) is 0 Å². The third kappa shape index (κ3) is 3.74. The summed E-state index contributed by atoms with van der Waals surface area (Å²) in [5.74, 6) is 2.81. The van der Waals surface area contributed by atoms with Gasteiger partial charge in [-0.05, 0) is 61.8 Å². The van der Waals surface area contributed by atoms with Crippen molar-refractivity contribution in [3.05, 3.63) is 0 Å². The normalized spacial score (nSPS) is 36.3. The second kappa shape index (κ2) is 6.61. The van der Waals surface area contributed by atoms with Gasteiger partial charge in [0.1, 0.15) is 0 Å². The Labute approximate surface area is 120 Å². The second-order valence-electron chi connectivity index (χ2n) is 8.00. The molecule has 2 aliphatic rings. The van der Waals surface area contributed by atoms with Gasteiger partial charge in [0.15, 0.2) is 0 Å². The van der Waals surface area contributed by atoms with E-state index < -0.39 is 0 Å². The van der Waals surface area contributed by atoms with Gasteiger partial charge < -0.3 is 5.32 Å². The van der Waals surface area contributed by atoms with Crippen LogP contribution in [0.25, 0.3) is 0 Å². The molecule has 4 atom stereocenters. The summed E-state index contributed by atoms with van der Waals surface area (Å²) in [5.41, 5.74) is 0.562. The van der Waals surface area contributed by atoms with Crippen molar-refractivity contribution in [2.24, 2.45) is 23.2 Å². The minimum atomic E-state index is 0.562. The molecule has 2 fully saturated rings. The molecule has 0 bridgehead atoms. The van der Waals surface area contributed by atoms with E-state index in [9.17, 15) is 0 Å². The van der Waals surface area contributed by atoms with Crippen molar-refractivity contribution >= 4 is 0 Å². The number of rotatable bonds is 5. The van der Waals surface area contributed by atoms with Gasteiger partial charge >= 0.3 is 0 Å². The highest BCUT2D eigenvalue weighted by molar-refractivity contribution is 4.96. The molecule has 0 amide bonds. The fraction of sp³-hybridized carbons (Fsp3) is 1.00. The third-order valence-electron chi connectivity index (χ3n) is 5.89. The van der Waals surface area contributed by atoms with Crippen molar-refractivity contribution < 1.29 is 0 Å². The maximum atomic E-state index is 3.96. The highest BCUT2D eigenvalue weighted by Gasteiger charge is 2.42. The molecule has 1 nitrogen and oxygen atoms in total. The highest BCUT2D eigenvalue weighted by atomic mass is 14.9. The lowest BCUT2D eigenvalue weighted by molar-refractivity contribution is 0.117. The number of hydrogen-bond acceptors (Lipinski definition) is 1. The van der Waals surface area contributed by atoms with Gasteiger partial charge in [-0.3, -0.25) is 0 Å². The molecule has 2 aliphatic carbocycles. The maximum absolute atomic E-state index is 3.96. The van der Waals surface area contributed by atoms with Crippen molar-refractivity contribution in [3.8, 4) is 0 Å². The summed E-state index contributed by atoms with van der Waals surface area (Å²) in [6.07, 6.45) is 11.5. The first-order valence-corrected chi connectivity index (χ1v) is 8.78. The zero-order chi connectivity index (χ0) is 13.9. The number of nitrogens with one attached hydrogen (secondary N) is 1. The van der Waals surface area contributed by atoms with E-state index in [2.05, 4.69) is 33.0 Å². The van der Waals surface area contributed by atoms with Gasteiger partial charge in [-0.15, -0.1) is 0 Å². The Morgan fingerprint density at radius 2 is 1.95 bits per heavy atom. The average Bonchev–Trinajstić information content (AvgIpc) is 2.70. The highest BCUT2D eigenvalue weighted by Crippen LogP contribution is 2.47. The largest absolute Gasteiger partial charge is 0.313 e. The average molecular weight is 265 g/mol. The topological polar surface area (TPSA) is 12.0 Å². The van der Waals surface area contributed by atoms with Gasteiger partial charge in [-0.25, -0.2) is 0 Å². The molecule has 0 saturated heterocycles. The van der Waals surface area contributed by atoms with Crippen molar-refractivity contribution in [3.63, 3.8) is 0 Å². The van der Waals surface area contributed by atoms with E-state index in [0.717, 1.165) is 23.8 Å². The van der Waals surface area contributed by atoms with Crippen LogP contribution in [0.2, 0.25) is 0 Å². The quantitative estimate of drug-likeness (QED) is 0.737. The van der Waals surface area contributed by atoms with Crippen molar-refractivity contribution in [2.75, 3.05) is 6.54 Å². The Kier molecular flexibility index (Phi) is 5.34. The van der Waals surface area contributed by atoms with Crippen molar-refractivity contribution in [1.29, 1.82) is 0 Å². The van der Waals surface area contributed by atoms with Crippen LogP contribution in [-0.2, 0) is 0 Å². The van der Waals surface area contributed by atoms with Crippen LogP contribution < -0.4 is 5.32 Å². The van der Waals surface area contributed by atoms with Crippen LogP contribution in [0.1, 0.15) is 79.1 Å². The molecule has 4 unspecified atom stereocenters. The molecule has 1 heteroatoms. The summed E-state index contributed by atoms with van der Waals surface area (Å²) in [4.78, 5) is 0. The molecular weight excluding hydrogens is 230 g/mol. The first kappa shape index (κ1) is 15.4. The molecule has 0 aromatic heterocycles. The van der Waals surface area contributed by atoms with Crippen molar-refractivity contribution in [1.82, 2.24) is 5.32 Å². The fourth-order valence-corrected chi connectivity index (χ4v) is 4.78. The lowest BCUT2D eigenvalue weighted by Gasteiger charge is -2.42. The monoisotopic (exact) mass is 265 g/mol. The van der Waals surface area contributed by atoms with E-state index >= 15 is 0 Å². The Hall–Kier alpha value is -0.0400. The van der Waals surface area contributed by atoms with E-state index in [4.69, 9.17) is 0 Å². The Bertz CT molecular complexity index is 271. The lowest BCUT2D eigenvalue weighted by Crippen LogP contribution is -2.47. The molecular formula is C18H35N. The summed E-state index contributed by atoms with van der Waals surface area (Å²) in [5, 5.41) is 3.96. The SMILES string of the molecule is CCCNC(C1CCCC(C)C1)C1CCCC1(C)C. The standard InChI is InChI=1S/C18H35N/c1-5-12-19-17(15-9-6-8-14(2)13-15)16-10-7-11-18(16,3)4/h14-17,19H,5-13H2,1-4H3. The summed E-state index contributed by atoms with van der Waals surface area (Å²) in [6, 6.07) is 0.792. The Morgan fingerprint density at radius 3 is 2.53 bits per heavy atom. The minimum Gasteiger partial charge on any atom is -0.313 e. The van der Waals surface area contributed by atoms with Gasteiger partial charge in [0.2, 0.25) is 0 Å². The molecule has 2 rings (SSSR count). The summed E-state index contributed by atoms with van der Waals surface area (Å²) < 4.78 is 0. The van der Waals surface area contributed by atoms with E-state index in [-0.39, 0.29) is 0 Å². The van der Waals surface area contributed by atoms with Gasteiger partial charge in [-0.1, -0.05) is 47.0 Å². The Morgan fingerprint density at radius 1 is 1.16 bits per heavy atom.